The number of nitrogens with one attached hydrogen (secondary N) is 1. The zero-order chi connectivity index (χ0) is 24.0. The quantitative estimate of drug-likeness (QED) is 0.652. The van der Waals surface area contributed by atoms with Gasteiger partial charge in [0, 0.05) is 31.8 Å². The van der Waals surface area contributed by atoms with Crippen LogP contribution in [0.3, 0.4) is 0 Å². The molecule has 0 bridgehead atoms. The average Bonchev–Trinajstić information content (AvgIpc) is 3.21. The molecule has 2 aliphatic heterocycles. The Labute approximate surface area is 201 Å². The van der Waals surface area contributed by atoms with Crippen molar-refractivity contribution in [3.63, 3.8) is 0 Å². The van der Waals surface area contributed by atoms with Crippen molar-refractivity contribution in [2.45, 2.75) is 32.5 Å². The van der Waals surface area contributed by atoms with Gasteiger partial charge in [-0.3, -0.25) is 9.52 Å². The zero-order valence-electron chi connectivity index (χ0n) is 19.7. The van der Waals surface area contributed by atoms with Gasteiger partial charge in [0.05, 0.1) is 18.8 Å². The molecule has 182 valence electrons. The Hall–Kier alpha value is -2.62. The van der Waals surface area contributed by atoms with Crippen LogP contribution in [0, 0.1) is 25.7 Å². The Bertz CT molecular complexity index is 1190. The minimum absolute atomic E-state index is 0.0421. The van der Waals surface area contributed by atoms with E-state index < -0.39 is 10.2 Å². The number of nitrogens with zero attached hydrogens (tertiary/aromatic N) is 2. The Morgan fingerprint density at radius 1 is 1.00 bits per heavy atom. The van der Waals surface area contributed by atoms with Crippen LogP contribution in [0.15, 0.2) is 42.5 Å². The first-order valence-corrected chi connectivity index (χ1v) is 13.1. The maximum absolute atomic E-state index is 13.2. The first-order valence-electron chi connectivity index (χ1n) is 11.7. The largest absolute Gasteiger partial charge is 0.486 e. The number of carbonyl (C=O) groups excluding carboxylic acids is 1. The lowest BCUT2D eigenvalue weighted by Gasteiger charge is -2.21. The van der Waals surface area contributed by atoms with E-state index in [1.165, 1.54) is 4.31 Å². The maximum atomic E-state index is 13.2. The molecular formula is C25H31N3O5S. The van der Waals surface area contributed by atoms with Crippen LogP contribution in [0.5, 0.6) is 5.75 Å². The highest BCUT2D eigenvalue weighted by Gasteiger charge is 2.48. The van der Waals surface area contributed by atoms with Crippen LogP contribution in [0.4, 0.5) is 5.69 Å². The van der Waals surface area contributed by atoms with Gasteiger partial charge in [-0.25, -0.2) is 0 Å². The molecule has 3 aliphatic rings. The summed E-state index contributed by atoms with van der Waals surface area (Å²) >= 11 is 0. The maximum Gasteiger partial charge on any atom is 0.301 e. The number of anilines is 1. The molecule has 34 heavy (non-hydrogen) atoms. The fourth-order valence-electron chi connectivity index (χ4n) is 4.96. The number of carbonyl (C=O) groups is 1. The highest BCUT2D eigenvalue weighted by molar-refractivity contribution is 7.90. The van der Waals surface area contributed by atoms with Crippen molar-refractivity contribution < 1.29 is 22.7 Å². The average molecular weight is 486 g/mol. The van der Waals surface area contributed by atoms with Gasteiger partial charge in [-0.1, -0.05) is 23.8 Å². The van der Waals surface area contributed by atoms with Gasteiger partial charge in [-0.15, -0.1) is 0 Å². The number of methoxy groups -OCH3 is 1. The molecule has 3 fully saturated rings. The summed E-state index contributed by atoms with van der Waals surface area (Å²) in [7, 11) is -1.97. The van der Waals surface area contributed by atoms with E-state index in [1.807, 2.05) is 32.0 Å². The number of benzene rings is 2. The number of likely N-dealkylation sites (tertiary alicyclic amines) is 1. The normalized spacial score (nSPS) is 26.4. The van der Waals surface area contributed by atoms with Gasteiger partial charge in [0.15, 0.2) is 0 Å². The van der Waals surface area contributed by atoms with E-state index >= 15 is 0 Å². The van der Waals surface area contributed by atoms with E-state index in [4.69, 9.17) is 9.47 Å². The molecule has 1 amide bonds. The van der Waals surface area contributed by atoms with Crippen LogP contribution in [-0.2, 0) is 14.9 Å². The summed E-state index contributed by atoms with van der Waals surface area (Å²) in [5, 5.41) is 0. The topological polar surface area (TPSA) is 88.2 Å². The van der Waals surface area contributed by atoms with Crippen molar-refractivity contribution in [3.05, 3.63) is 59.2 Å². The van der Waals surface area contributed by atoms with Gasteiger partial charge in [0.25, 0.3) is 5.91 Å². The molecule has 4 atom stereocenters. The van der Waals surface area contributed by atoms with Crippen LogP contribution in [0.25, 0.3) is 0 Å². The van der Waals surface area contributed by atoms with Crippen molar-refractivity contribution in [2.24, 2.45) is 11.8 Å². The molecule has 2 aromatic carbocycles. The van der Waals surface area contributed by atoms with E-state index in [-0.39, 0.29) is 18.1 Å². The molecule has 1 saturated carbocycles. The number of hydrogen-bond donors (Lipinski definition) is 1. The molecule has 2 unspecified atom stereocenters. The second-order valence-electron chi connectivity index (χ2n) is 9.67. The molecular weight excluding hydrogens is 454 g/mol. The molecule has 2 aromatic rings. The summed E-state index contributed by atoms with van der Waals surface area (Å²) < 4.78 is 41.5. The highest BCUT2D eigenvalue weighted by atomic mass is 32.2. The van der Waals surface area contributed by atoms with Crippen LogP contribution >= 0.6 is 0 Å². The zero-order valence-corrected chi connectivity index (χ0v) is 20.5. The van der Waals surface area contributed by atoms with Crippen molar-refractivity contribution in [2.75, 3.05) is 38.0 Å². The van der Waals surface area contributed by atoms with Gasteiger partial charge in [-0.05, 0) is 55.9 Å². The number of ether oxygens (including phenoxy) is 2. The minimum atomic E-state index is -3.58. The van der Waals surface area contributed by atoms with E-state index in [1.54, 1.807) is 36.3 Å². The molecule has 0 aromatic heterocycles. The lowest BCUT2D eigenvalue weighted by molar-refractivity contribution is 0.0340. The van der Waals surface area contributed by atoms with Crippen molar-refractivity contribution in [1.82, 2.24) is 9.21 Å². The molecule has 2 saturated heterocycles. The molecule has 1 N–H and O–H groups in total. The third kappa shape index (κ3) is 4.64. The Balaban J connectivity index is 1.26. The predicted octanol–water partition coefficient (Wildman–Crippen LogP) is 2.83. The van der Waals surface area contributed by atoms with Gasteiger partial charge in [-0.2, -0.15) is 12.7 Å². The van der Waals surface area contributed by atoms with Gasteiger partial charge in [0.1, 0.15) is 18.0 Å². The number of amides is 1. The van der Waals surface area contributed by atoms with Crippen molar-refractivity contribution in [3.8, 4) is 5.75 Å². The molecule has 9 heteroatoms. The van der Waals surface area contributed by atoms with Crippen LogP contribution in [0.2, 0.25) is 0 Å². The highest BCUT2D eigenvalue weighted by Crippen LogP contribution is 2.45. The van der Waals surface area contributed by atoms with E-state index in [0.717, 1.165) is 17.5 Å². The van der Waals surface area contributed by atoms with Crippen LogP contribution in [-0.4, -0.2) is 69.0 Å². The predicted molar refractivity (Wildman–Crippen MR) is 129 cm³/mol. The van der Waals surface area contributed by atoms with E-state index in [9.17, 15) is 13.2 Å². The standard InChI is InChI=1S/C25H31N3O5S/c1-16-7-8-17(2)22(9-16)25(29)27-14-23(32-3)24(15-27)33-21-6-4-5-20(11-21)26-34(30,31)28-12-18-10-19(18)13-28/h4-9,11,18-19,23-24,26H,10,12-15H2,1-3H3/t18-,19-,23?,24?/m1/s1. The Morgan fingerprint density at radius 2 is 1.74 bits per heavy atom. The molecule has 5 rings (SSSR count). The number of hydrogen-bond acceptors (Lipinski definition) is 5. The fraction of sp³-hybridized carbons (Fsp3) is 0.480. The monoisotopic (exact) mass is 485 g/mol. The Morgan fingerprint density at radius 3 is 2.47 bits per heavy atom. The number of aryl methyl sites for hydroxylation is 2. The molecule has 8 nitrogen and oxygen atoms in total. The third-order valence-corrected chi connectivity index (χ3v) is 8.55. The van der Waals surface area contributed by atoms with Crippen molar-refractivity contribution in [1.29, 1.82) is 0 Å². The lowest BCUT2D eigenvalue weighted by atomic mass is 10.0. The van der Waals surface area contributed by atoms with E-state index in [2.05, 4.69) is 4.72 Å². The molecule has 2 heterocycles. The van der Waals surface area contributed by atoms with Crippen molar-refractivity contribution >= 4 is 21.8 Å². The van der Waals surface area contributed by atoms with Gasteiger partial charge >= 0.3 is 10.2 Å². The Kier molecular flexibility index (Phi) is 6.03. The summed E-state index contributed by atoms with van der Waals surface area (Å²) in [4.78, 5) is 14.9. The molecule has 0 radical (unpaired) electrons. The minimum Gasteiger partial charge on any atom is -0.486 e. The van der Waals surface area contributed by atoms with Crippen LogP contribution in [0.1, 0.15) is 27.9 Å². The van der Waals surface area contributed by atoms with Crippen LogP contribution < -0.4 is 9.46 Å². The summed E-state index contributed by atoms with van der Waals surface area (Å²) in [5.74, 6) is 1.53. The van der Waals surface area contributed by atoms with E-state index in [0.29, 0.717) is 55.0 Å². The number of piperidine rings is 1. The fourth-order valence-corrected chi connectivity index (χ4v) is 6.29. The summed E-state index contributed by atoms with van der Waals surface area (Å²) in [5.41, 5.74) is 3.11. The SMILES string of the molecule is COC1CN(C(=O)c2cc(C)ccc2C)CC1Oc1cccc(NS(=O)(=O)N2C[C@H]3C[C@@H]3C2)c1. The second kappa shape index (κ2) is 8.87. The van der Waals surface area contributed by atoms with Gasteiger partial charge < -0.3 is 14.4 Å². The summed E-state index contributed by atoms with van der Waals surface area (Å²) in [6.45, 7) is 5.91. The number of rotatable bonds is 7. The first-order chi connectivity index (χ1) is 16.2. The second-order valence-corrected chi connectivity index (χ2v) is 11.3. The van der Waals surface area contributed by atoms with Gasteiger partial charge in [0.2, 0.25) is 0 Å². The number of fused-ring (bicyclic) bond motifs is 1. The summed E-state index contributed by atoms with van der Waals surface area (Å²) in [6.07, 6.45) is 0.489. The summed E-state index contributed by atoms with van der Waals surface area (Å²) in [6, 6.07) is 12.8. The lowest BCUT2D eigenvalue weighted by Crippen LogP contribution is -2.35. The smallest absolute Gasteiger partial charge is 0.301 e. The third-order valence-electron chi connectivity index (χ3n) is 7.08. The molecule has 1 aliphatic carbocycles. The first kappa shape index (κ1) is 23.1. The molecule has 0 spiro atoms.